The van der Waals surface area contributed by atoms with Crippen molar-refractivity contribution in [1.29, 1.82) is 0 Å². The van der Waals surface area contributed by atoms with E-state index in [4.69, 9.17) is 0 Å². The summed E-state index contributed by atoms with van der Waals surface area (Å²) in [7, 11) is 1.77. The third-order valence-corrected chi connectivity index (χ3v) is 2.64. The van der Waals surface area contributed by atoms with Crippen LogP contribution in [-0.2, 0) is 7.05 Å². The minimum atomic E-state index is -0.226. The molecule has 0 aliphatic heterocycles. The number of rotatable bonds is 2. The Morgan fingerprint density at radius 3 is 2.89 bits per heavy atom. The Hall–Kier alpha value is -2.63. The van der Waals surface area contributed by atoms with Crippen molar-refractivity contribution in [2.75, 3.05) is 0 Å². The molecule has 0 bridgehead atoms. The summed E-state index contributed by atoms with van der Waals surface area (Å²) in [6.07, 6.45) is 4.53. The average Bonchev–Trinajstić information content (AvgIpc) is 2.81. The van der Waals surface area contributed by atoms with E-state index in [0.717, 1.165) is 0 Å². The molecule has 0 unspecified atom stereocenters. The van der Waals surface area contributed by atoms with E-state index in [1.807, 2.05) is 0 Å². The highest BCUT2D eigenvalue weighted by Gasteiger charge is 2.17. The van der Waals surface area contributed by atoms with E-state index < -0.39 is 0 Å². The first-order valence-electron chi connectivity index (χ1n) is 5.36. The van der Waals surface area contributed by atoms with Gasteiger partial charge >= 0.3 is 0 Å². The number of ketones is 1. The quantitative estimate of drug-likeness (QED) is 0.623. The lowest BCUT2D eigenvalue weighted by Crippen LogP contribution is -2.07. The first-order valence-corrected chi connectivity index (χ1v) is 5.36. The minimum Gasteiger partial charge on any atom is -0.285 e. The number of hydrogen-bond donors (Lipinski definition) is 0. The molecule has 0 amide bonds. The van der Waals surface area contributed by atoms with Crippen molar-refractivity contribution < 1.29 is 4.79 Å². The predicted octanol–water partition coefficient (Wildman–Crippen LogP) is 0.989. The summed E-state index contributed by atoms with van der Waals surface area (Å²) >= 11 is 0. The van der Waals surface area contributed by atoms with Crippen LogP contribution in [-0.4, -0.2) is 30.5 Å². The number of hydrogen-bond acceptors (Lipinski definition) is 5. The number of carbonyl (C=O) groups is 1. The molecule has 6 heteroatoms. The van der Waals surface area contributed by atoms with Gasteiger partial charge in [-0.15, -0.1) is 0 Å². The highest BCUT2D eigenvalue weighted by molar-refractivity contribution is 6.13. The van der Waals surface area contributed by atoms with E-state index in [1.54, 1.807) is 42.3 Å². The lowest BCUT2D eigenvalue weighted by atomic mass is 10.1. The number of pyridine rings is 1. The topological polar surface area (TPSA) is 73.6 Å². The fourth-order valence-electron chi connectivity index (χ4n) is 1.76. The van der Waals surface area contributed by atoms with Gasteiger partial charge in [0.1, 0.15) is 17.7 Å². The molecule has 0 saturated carbocycles. The molecule has 3 aromatic rings. The zero-order chi connectivity index (χ0) is 12.5. The van der Waals surface area contributed by atoms with Gasteiger partial charge in [0, 0.05) is 13.2 Å². The monoisotopic (exact) mass is 239 g/mol. The van der Waals surface area contributed by atoms with Gasteiger partial charge in [-0.1, -0.05) is 6.07 Å². The Kier molecular flexibility index (Phi) is 2.33. The fourth-order valence-corrected chi connectivity index (χ4v) is 1.76. The van der Waals surface area contributed by atoms with Gasteiger partial charge in [0.05, 0.1) is 11.6 Å². The first-order chi connectivity index (χ1) is 8.77. The number of aromatic nitrogens is 5. The van der Waals surface area contributed by atoms with Gasteiger partial charge in [-0.25, -0.2) is 9.97 Å². The highest BCUT2D eigenvalue weighted by Crippen LogP contribution is 2.15. The summed E-state index contributed by atoms with van der Waals surface area (Å²) < 4.78 is 1.60. The Labute approximate surface area is 102 Å². The summed E-state index contributed by atoms with van der Waals surface area (Å²) in [6, 6.07) is 5.19. The molecular formula is C12H9N5O. The van der Waals surface area contributed by atoms with Crippen molar-refractivity contribution in [3.8, 4) is 0 Å². The Morgan fingerprint density at radius 1 is 1.22 bits per heavy atom. The molecule has 3 aromatic heterocycles. The first kappa shape index (κ1) is 10.5. The predicted molar refractivity (Wildman–Crippen MR) is 64.0 cm³/mol. The van der Waals surface area contributed by atoms with Crippen LogP contribution < -0.4 is 0 Å². The normalized spacial score (nSPS) is 10.7. The van der Waals surface area contributed by atoms with Crippen LogP contribution in [0.1, 0.15) is 16.2 Å². The van der Waals surface area contributed by atoms with Gasteiger partial charge < -0.3 is 0 Å². The summed E-state index contributed by atoms with van der Waals surface area (Å²) in [5, 5.41) is 4.71. The minimum absolute atomic E-state index is 0.226. The molecule has 0 fully saturated rings. The number of fused-ring (bicyclic) bond motifs is 1. The van der Waals surface area contributed by atoms with Gasteiger partial charge in [0.2, 0.25) is 5.78 Å². The molecular weight excluding hydrogens is 230 g/mol. The van der Waals surface area contributed by atoms with Crippen LogP contribution in [0.25, 0.3) is 11.0 Å². The zero-order valence-electron chi connectivity index (χ0n) is 9.61. The maximum Gasteiger partial charge on any atom is 0.230 e. The summed E-state index contributed by atoms with van der Waals surface area (Å²) in [5.41, 5.74) is 1.32. The van der Waals surface area contributed by atoms with Gasteiger partial charge in [0.15, 0.2) is 5.65 Å². The van der Waals surface area contributed by atoms with Crippen LogP contribution in [0.4, 0.5) is 0 Å². The van der Waals surface area contributed by atoms with Gasteiger partial charge in [-0.3, -0.25) is 14.5 Å². The van der Waals surface area contributed by atoms with Crippen LogP contribution >= 0.6 is 0 Å². The highest BCUT2D eigenvalue weighted by atomic mass is 16.1. The summed E-state index contributed by atoms with van der Waals surface area (Å²) in [5.74, 6) is -0.226. The Bertz CT molecular complexity index is 720. The molecule has 0 aromatic carbocycles. The largest absolute Gasteiger partial charge is 0.285 e. The van der Waals surface area contributed by atoms with Crippen molar-refractivity contribution >= 4 is 16.8 Å². The molecule has 0 aliphatic rings. The van der Waals surface area contributed by atoms with E-state index in [9.17, 15) is 4.79 Å². The molecule has 0 N–H and O–H groups in total. The number of nitrogens with zero attached hydrogens (tertiary/aromatic N) is 5. The van der Waals surface area contributed by atoms with Crippen molar-refractivity contribution in [3.05, 3.63) is 48.3 Å². The Balaban J connectivity index is 2.18. The maximum atomic E-state index is 12.3. The molecule has 3 heterocycles. The average molecular weight is 239 g/mol. The molecule has 0 aliphatic carbocycles. The second-order valence-corrected chi connectivity index (χ2v) is 3.77. The van der Waals surface area contributed by atoms with Crippen molar-refractivity contribution in [1.82, 2.24) is 24.7 Å². The summed E-state index contributed by atoms with van der Waals surface area (Å²) in [6.45, 7) is 0. The third-order valence-electron chi connectivity index (χ3n) is 2.64. The second-order valence-electron chi connectivity index (χ2n) is 3.77. The molecule has 3 rings (SSSR count). The van der Waals surface area contributed by atoms with E-state index in [1.165, 1.54) is 6.33 Å². The zero-order valence-corrected chi connectivity index (χ0v) is 9.61. The van der Waals surface area contributed by atoms with E-state index in [2.05, 4.69) is 20.1 Å². The van der Waals surface area contributed by atoms with Crippen LogP contribution in [0, 0.1) is 0 Å². The lowest BCUT2D eigenvalue weighted by Gasteiger charge is -2.00. The molecule has 6 nitrogen and oxygen atoms in total. The van der Waals surface area contributed by atoms with E-state index in [-0.39, 0.29) is 5.78 Å². The second kappa shape index (κ2) is 3.99. The van der Waals surface area contributed by atoms with Gasteiger partial charge in [-0.2, -0.15) is 5.10 Å². The van der Waals surface area contributed by atoms with E-state index >= 15 is 0 Å². The lowest BCUT2D eigenvalue weighted by molar-refractivity contribution is 0.103. The SMILES string of the molecule is Cn1ncc2c(C(=O)c3ccccn3)ncnc21. The van der Waals surface area contributed by atoms with Crippen LogP contribution in [0.3, 0.4) is 0 Å². The number of aryl methyl sites for hydroxylation is 1. The molecule has 0 radical (unpaired) electrons. The standard InChI is InChI=1S/C12H9N5O/c1-17-12-8(6-16-17)10(14-7-15-12)11(18)9-4-2-3-5-13-9/h2-7H,1H3. The van der Waals surface area contributed by atoms with Crippen LogP contribution in [0.15, 0.2) is 36.9 Å². The molecule has 18 heavy (non-hydrogen) atoms. The van der Waals surface area contributed by atoms with Crippen LogP contribution in [0.5, 0.6) is 0 Å². The third kappa shape index (κ3) is 1.55. The van der Waals surface area contributed by atoms with Gasteiger partial charge in [0.25, 0.3) is 0 Å². The molecule has 0 saturated heterocycles. The van der Waals surface area contributed by atoms with Crippen LogP contribution in [0.2, 0.25) is 0 Å². The molecule has 88 valence electrons. The van der Waals surface area contributed by atoms with Crippen molar-refractivity contribution in [3.63, 3.8) is 0 Å². The van der Waals surface area contributed by atoms with Crippen molar-refractivity contribution in [2.45, 2.75) is 0 Å². The van der Waals surface area contributed by atoms with Crippen molar-refractivity contribution in [2.24, 2.45) is 7.05 Å². The molecule has 0 spiro atoms. The van der Waals surface area contributed by atoms with Gasteiger partial charge in [-0.05, 0) is 12.1 Å². The smallest absolute Gasteiger partial charge is 0.230 e. The van der Waals surface area contributed by atoms with E-state index in [0.29, 0.717) is 22.4 Å². The number of carbonyl (C=O) groups excluding carboxylic acids is 1. The molecule has 0 atom stereocenters. The summed E-state index contributed by atoms with van der Waals surface area (Å²) in [4.78, 5) is 24.4. The maximum absolute atomic E-state index is 12.3. The fraction of sp³-hybridized carbons (Fsp3) is 0.0833. The Morgan fingerprint density at radius 2 is 2.11 bits per heavy atom.